The number of nitrogens with one attached hydrogen (secondary N) is 2. The first-order chi connectivity index (χ1) is 9.56. The zero-order valence-corrected chi connectivity index (χ0v) is 12.1. The average Bonchev–Trinajstić information content (AvgIpc) is 2.83. The number of fused-ring (bicyclic) bond motifs is 1. The van der Waals surface area contributed by atoms with E-state index in [4.69, 9.17) is 4.74 Å². The molecular formula is C13H19N5O2. The molecule has 2 heterocycles. The molecule has 0 radical (unpaired) electrons. The van der Waals surface area contributed by atoms with E-state index in [9.17, 15) is 4.79 Å². The summed E-state index contributed by atoms with van der Waals surface area (Å²) in [6.07, 6.45) is 0. The van der Waals surface area contributed by atoms with E-state index >= 15 is 0 Å². The molecule has 0 atom stereocenters. The number of methoxy groups -OCH3 is 1. The molecule has 0 aliphatic heterocycles. The fourth-order valence-corrected chi connectivity index (χ4v) is 1.72. The molecule has 2 N–H and O–H groups in total. The van der Waals surface area contributed by atoms with Gasteiger partial charge in [-0.05, 0) is 19.1 Å². The van der Waals surface area contributed by atoms with Gasteiger partial charge in [-0.2, -0.15) is 9.50 Å². The number of ether oxygens (including phenoxy) is 1. The molecule has 7 nitrogen and oxygen atoms in total. The second kappa shape index (κ2) is 5.77. The quantitative estimate of drug-likeness (QED) is 0.870. The maximum absolute atomic E-state index is 11.7. The van der Waals surface area contributed by atoms with Crippen LogP contribution < -0.4 is 15.4 Å². The number of hydrogen-bond acceptors (Lipinski definition) is 5. The molecule has 20 heavy (non-hydrogen) atoms. The van der Waals surface area contributed by atoms with E-state index in [1.54, 1.807) is 11.6 Å². The van der Waals surface area contributed by atoms with Crippen LogP contribution in [-0.4, -0.2) is 34.2 Å². The van der Waals surface area contributed by atoms with Gasteiger partial charge in [0.15, 0.2) is 5.75 Å². The Kier molecular flexibility index (Phi) is 4.07. The summed E-state index contributed by atoms with van der Waals surface area (Å²) in [6, 6.07) is 3.67. The third kappa shape index (κ3) is 2.66. The van der Waals surface area contributed by atoms with Crippen LogP contribution in [0.2, 0.25) is 0 Å². The largest absolute Gasteiger partial charge is 0.493 e. The Bertz CT molecular complexity index is 620. The van der Waals surface area contributed by atoms with Gasteiger partial charge in [0.05, 0.1) is 7.11 Å². The molecule has 7 heteroatoms. The summed E-state index contributed by atoms with van der Waals surface area (Å²) in [5.41, 5.74) is 0.560. The third-order valence-corrected chi connectivity index (χ3v) is 2.79. The molecule has 2 rings (SSSR count). The van der Waals surface area contributed by atoms with Crippen molar-refractivity contribution in [2.75, 3.05) is 24.3 Å². The number of rotatable bonds is 5. The van der Waals surface area contributed by atoms with Crippen LogP contribution in [0.1, 0.15) is 20.8 Å². The van der Waals surface area contributed by atoms with Gasteiger partial charge in [0.2, 0.25) is 17.5 Å². The van der Waals surface area contributed by atoms with E-state index in [2.05, 4.69) is 20.7 Å². The smallest absolute Gasteiger partial charge is 0.249 e. The first-order valence-corrected chi connectivity index (χ1v) is 6.55. The number of hydrogen-bond donors (Lipinski definition) is 2. The van der Waals surface area contributed by atoms with Crippen molar-refractivity contribution in [2.24, 2.45) is 5.92 Å². The zero-order valence-electron chi connectivity index (χ0n) is 12.1. The van der Waals surface area contributed by atoms with Crippen molar-refractivity contribution in [1.82, 2.24) is 14.6 Å². The molecule has 108 valence electrons. The molecule has 0 saturated heterocycles. The molecule has 0 fully saturated rings. The predicted octanol–water partition coefficient (Wildman–Crippen LogP) is 1.76. The van der Waals surface area contributed by atoms with Gasteiger partial charge in [-0.25, -0.2) is 0 Å². The van der Waals surface area contributed by atoms with Crippen LogP contribution in [0.15, 0.2) is 12.1 Å². The maximum Gasteiger partial charge on any atom is 0.249 e. The minimum atomic E-state index is -0.128. The van der Waals surface area contributed by atoms with Crippen LogP contribution in [0.4, 0.5) is 11.8 Å². The van der Waals surface area contributed by atoms with E-state index in [0.717, 1.165) is 12.4 Å². The molecule has 0 unspecified atom stereocenters. The molecular weight excluding hydrogens is 258 g/mol. The Hall–Kier alpha value is -2.31. The van der Waals surface area contributed by atoms with Crippen LogP contribution in [0.25, 0.3) is 5.65 Å². The van der Waals surface area contributed by atoms with Crippen molar-refractivity contribution in [3.05, 3.63) is 12.1 Å². The Morgan fingerprint density at radius 1 is 1.45 bits per heavy atom. The topological polar surface area (TPSA) is 80.5 Å². The van der Waals surface area contributed by atoms with Crippen LogP contribution in [-0.2, 0) is 4.79 Å². The Labute approximate surface area is 117 Å². The van der Waals surface area contributed by atoms with Crippen LogP contribution in [0, 0.1) is 5.92 Å². The van der Waals surface area contributed by atoms with Crippen molar-refractivity contribution < 1.29 is 9.53 Å². The Morgan fingerprint density at radius 3 is 2.80 bits per heavy atom. The lowest BCUT2D eigenvalue weighted by atomic mass is 10.2. The fraction of sp³-hybridized carbons (Fsp3) is 0.462. The second-order valence-corrected chi connectivity index (χ2v) is 4.63. The lowest BCUT2D eigenvalue weighted by Crippen LogP contribution is -2.18. The van der Waals surface area contributed by atoms with Crippen molar-refractivity contribution in [3.63, 3.8) is 0 Å². The summed E-state index contributed by atoms with van der Waals surface area (Å²) in [4.78, 5) is 16.0. The van der Waals surface area contributed by atoms with Gasteiger partial charge in [-0.1, -0.05) is 13.8 Å². The summed E-state index contributed by atoms with van der Waals surface area (Å²) in [6.45, 7) is 6.38. The number of pyridine rings is 1. The van der Waals surface area contributed by atoms with Crippen molar-refractivity contribution in [2.45, 2.75) is 20.8 Å². The molecule has 0 aliphatic carbocycles. The molecule has 0 saturated carbocycles. The number of nitrogens with zero attached hydrogens (tertiary/aromatic N) is 3. The van der Waals surface area contributed by atoms with E-state index in [0.29, 0.717) is 11.4 Å². The van der Waals surface area contributed by atoms with Gasteiger partial charge < -0.3 is 10.1 Å². The zero-order chi connectivity index (χ0) is 14.7. The molecule has 0 aliphatic rings. The highest BCUT2D eigenvalue weighted by Gasteiger charge is 2.15. The average molecular weight is 277 g/mol. The van der Waals surface area contributed by atoms with Crippen molar-refractivity contribution >= 4 is 23.3 Å². The van der Waals surface area contributed by atoms with Gasteiger partial charge in [0.1, 0.15) is 5.82 Å². The van der Waals surface area contributed by atoms with Gasteiger partial charge in [0.25, 0.3) is 0 Å². The number of amides is 1. The first-order valence-electron chi connectivity index (χ1n) is 6.55. The first kappa shape index (κ1) is 14.1. The second-order valence-electron chi connectivity index (χ2n) is 4.63. The highest BCUT2D eigenvalue weighted by atomic mass is 16.5. The lowest BCUT2D eigenvalue weighted by Gasteiger charge is -2.07. The van der Waals surface area contributed by atoms with Crippen LogP contribution in [0.5, 0.6) is 5.75 Å². The standard InChI is InChI=1S/C13H19N5O2/c1-5-14-10-7-6-9(20-4)11-15-13(17-18(10)11)16-12(19)8(2)3/h6-8,14H,5H2,1-4H3,(H,16,17,19). The molecule has 1 amide bonds. The van der Waals surface area contributed by atoms with Crippen LogP contribution in [0.3, 0.4) is 0 Å². The SMILES string of the molecule is CCNc1ccc(OC)c2nc(NC(=O)C(C)C)nn12. The normalized spacial score (nSPS) is 10.8. The number of aromatic nitrogens is 3. The van der Waals surface area contributed by atoms with Crippen molar-refractivity contribution in [1.29, 1.82) is 0 Å². The van der Waals surface area contributed by atoms with Gasteiger partial charge in [-0.15, -0.1) is 5.10 Å². The molecule has 0 aromatic carbocycles. The van der Waals surface area contributed by atoms with E-state index in [1.807, 2.05) is 32.9 Å². The number of carbonyl (C=O) groups excluding carboxylic acids is 1. The predicted molar refractivity (Wildman–Crippen MR) is 77.2 cm³/mol. The van der Waals surface area contributed by atoms with E-state index in [-0.39, 0.29) is 17.8 Å². The van der Waals surface area contributed by atoms with Gasteiger partial charge >= 0.3 is 0 Å². The highest BCUT2D eigenvalue weighted by Crippen LogP contribution is 2.23. The minimum Gasteiger partial charge on any atom is -0.493 e. The molecule has 2 aromatic rings. The molecule has 0 spiro atoms. The Morgan fingerprint density at radius 2 is 2.20 bits per heavy atom. The van der Waals surface area contributed by atoms with Gasteiger partial charge in [0, 0.05) is 12.5 Å². The summed E-state index contributed by atoms with van der Waals surface area (Å²) in [5.74, 6) is 1.42. The number of carbonyl (C=O) groups is 1. The van der Waals surface area contributed by atoms with E-state index in [1.165, 1.54) is 0 Å². The maximum atomic E-state index is 11.7. The summed E-state index contributed by atoms with van der Waals surface area (Å²) >= 11 is 0. The van der Waals surface area contributed by atoms with Gasteiger partial charge in [-0.3, -0.25) is 10.1 Å². The third-order valence-electron chi connectivity index (χ3n) is 2.79. The molecule has 2 aromatic heterocycles. The van der Waals surface area contributed by atoms with E-state index < -0.39 is 0 Å². The molecule has 0 bridgehead atoms. The summed E-state index contributed by atoms with van der Waals surface area (Å²) in [5, 5.41) is 10.2. The minimum absolute atomic E-state index is 0.120. The van der Waals surface area contributed by atoms with Crippen LogP contribution >= 0.6 is 0 Å². The summed E-state index contributed by atoms with van der Waals surface area (Å²) < 4.78 is 6.89. The lowest BCUT2D eigenvalue weighted by molar-refractivity contribution is -0.118. The summed E-state index contributed by atoms with van der Waals surface area (Å²) in [7, 11) is 1.57. The monoisotopic (exact) mass is 277 g/mol. The Balaban J connectivity index is 2.44. The highest BCUT2D eigenvalue weighted by molar-refractivity contribution is 5.90. The number of anilines is 2. The fourth-order valence-electron chi connectivity index (χ4n) is 1.72. The van der Waals surface area contributed by atoms with Crippen molar-refractivity contribution in [3.8, 4) is 5.75 Å².